The van der Waals surface area contributed by atoms with Gasteiger partial charge >= 0.3 is 0 Å². The third-order valence-electron chi connectivity index (χ3n) is 4.82. The molecule has 2 heterocycles. The largest absolute Gasteiger partial charge is 0.488 e. The van der Waals surface area contributed by atoms with Crippen molar-refractivity contribution in [3.05, 3.63) is 30.1 Å². The van der Waals surface area contributed by atoms with E-state index < -0.39 is 0 Å². The number of likely N-dealkylation sites (tertiary alicyclic amines) is 1. The van der Waals surface area contributed by atoms with Crippen molar-refractivity contribution >= 4 is 5.91 Å². The van der Waals surface area contributed by atoms with Crippen molar-refractivity contribution in [2.24, 2.45) is 0 Å². The van der Waals surface area contributed by atoms with Crippen molar-refractivity contribution < 1.29 is 28.1 Å². The van der Waals surface area contributed by atoms with Crippen LogP contribution in [0.4, 0.5) is 4.39 Å². The van der Waals surface area contributed by atoms with Crippen LogP contribution in [0.25, 0.3) is 0 Å². The normalized spacial score (nSPS) is 25.6. The van der Waals surface area contributed by atoms with Crippen LogP contribution in [-0.4, -0.2) is 69.1 Å². The first-order chi connectivity index (χ1) is 12.6. The Morgan fingerprint density at radius 3 is 3.12 bits per heavy atom. The minimum Gasteiger partial charge on any atom is -0.488 e. The van der Waals surface area contributed by atoms with E-state index in [1.807, 2.05) is 0 Å². The fraction of sp³-hybridized carbons (Fsp3) is 0.632. The molecule has 2 saturated heterocycles. The number of nitrogens with zero attached hydrogens (tertiary/aromatic N) is 1. The Morgan fingerprint density at radius 2 is 2.31 bits per heavy atom. The van der Waals surface area contributed by atoms with E-state index in [0.717, 1.165) is 12.8 Å². The lowest BCUT2D eigenvalue weighted by Crippen LogP contribution is -2.51. The molecule has 26 heavy (non-hydrogen) atoms. The van der Waals surface area contributed by atoms with Gasteiger partial charge in [-0.15, -0.1) is 0 Å². The SMILES string of the molecule is COCCOCC(=O)N1CCC[C@@]2(C[C@@H](Oc3cccc(F)c3)CO2)C1. The third kappa shape index (κ3) is 4.93. The lowest BCUT2D eigenvalue weighted by molar-refractivity contribution is -0.144. The first-order valence-corrected chi connectivity index (χ1v) is 9.01. The summed E-state index contributed by atoms with van der Waals surface area (Å²) in [5.74, 6) is 0.156. The van der Waals surface area contributed by atoms with Gasteiger partial charge in [0.15, 0.2) is 0 Å². The van der Waals surface area contributed by atoms with Crippen LogP contribution < -0.4 is 4.74 Å². The number of benzene rings is 1. The van der Waals surface area contributed by atoms with E-state index in [1.165, 1.54) is 12.1 Å². The molecule has 2 aliphatic rings. The molecule has 1 aromatic carbocycles. The summed E-state index contributed by atoms with van der Waals surface area (Å²) in [5.41, 5.74) is -0.377. The molecule has 0 unspecified atom stereocenters. The van der Waals surface area contributed by atoms with Gasteiger partial charge in [0.2, 0.25) is 5.91 Å². The molecule has 0 saturated carbocycles. The number of rotatable bonds is 7. The molecule has 0 aromatic heterocycles. The molecule has 0 bridgehead atoms. The summed E-state index contributed by atoms with van der Waals surface area (Å²) in [6, 6.07) is 6.13. The highest BCUT2D eigenvalue weighted by Crippen LogP contribution is 2.36. The van der Waals surface area contributed by atoms with Crippen molar-refractivity contribution in [2.75, 3.05) is 46.6 Å². The highest BCUT2D eigenvalue weighted by Gasteiger charge is 2.45. The topological polar surface area (TPSA) is 57.2 Å². The fourth-order valence-corrected chi connectivity index (χ4v) is 3.60. The number of hydrogen-bond donors (Lipinski definition) is 0. The van der Waals surface area contributed by atoms with Crippen molar-refractivity contribution in [2.45, 2.75) is 31.0 Å². The van der Waals surface area contributed by atoms with E-state index in [0.29, 0.717) is 45.1 Å². The van der Waals surface area contributed by atoms with Crippen LogP contribution in [0, 0.1) is 5.82 Å². The number of carbonyl (C=O) groups is 1. The molecule has 6 nitrogen and oxygen atoms in total. The van der Waals surface area contributed by atoms with Gasteiger partial charge in [0, 0.05) is 32.7 Å². The molecule has 2 fully saturated rings. The van der Waals surface area contributed by atoms with Crippen LogP contribution in [-0.2, 0) is 19.0 Å². The first-order valence-electron chi connectivity index (χ1n) is 9.01. The molecule has 1 aromatic rings. The summed E-state index contributed by atoms with van der Waals surface area (Å²) in [7, 11) is 1.60. The zero-order valence-electron chi connectivity index (χ0n) is 15.1. The standard InChI is InChI=1S/C19H26FNO5/c1-23-8-9-24-13-18(22)21-7-3-6-19(14-21)11-17(12-25-19)26-16-5-2-4-15(20)10-16/h2,4-5,10,17H,3,6-9,11-14H2,1H3/t17-,19-/m1/s1. The van der Waals surface area contributed by atoms with E-state index in [-0.39, 0.29) is 30.0 Å². The molecule has 2 aliphatic heterocycles. The summed E-state index contributed by atoms with van der Waals surface area (Å²) in [6.45, 7) is 2.64. The van der Waals surface area contributed by atoms with Gasteiger partial charge in [-0.3, -0.25) is 4.79 Å². The Bertz CT molecular complexity index is 613. The van der Waals surface area contributed by atoms with Crippen LogP contribution in [0.15, 0.2) is 24.3 Å². The van der Waals surface area contributed by atoms with Gasteiger partial charge in [0.05, 0.1) is 25.4 Å². The van der Waals surface area contributed by atoms with Crippen LogP contribution >= 0.6 is 0 Å². The smallest absolute Gasteiger partial charge is 0.248 e. The summed E-state index contributed by atoms with van der Waals surface area (Å²) in [4.78, 5) is 14.1. The molecule has 0 aliphatic carbocycles. The summed E-state index contributed by atoms with van der Waals surface area (Å²) >= 11 is 0. The minimum absolute atomic E-state index is 0.0294. The number of amides is 1. The van der Waals surface area contributed by atoms with Crippen molar-refractivity contribution in [1.82, 2.24) is 4.90 Å². The molecule has 0 radical (unpaired) electrons. The van der Waals surface area contributed by atoms with Gasteiger partial charge in [0.1, 0.15) is 24.3 Å². The van der Waals surface area contributed by atoms with Gasteiger partial charge in [-0.25, -0.2) is 4.39 Å². The van der Waals surface area contributed by atoms with Gasteiger partial charge in [-0.05, 0) is 25.0 Å². The van der Waals surface area contributed by atoms with Crippen LogP contribution in [0.1, 0.15) is 19.3 Å². The van der Waals surface area contributed by atoms with Gasteiger partial charge in [0.25, 0.3) is 0 Å². The monoisotopic (exact) mass is 367 g/mol. The molecule has 0 N–H and O–H groups in total. The van der Waals surface area contributed by atoms with Crippen LogP contribution in [0.3, 0.4) is 0 Å². The highest BCUT2D eigenvalue weighted by molar-refractivity contribution is 5.77. The van der Waals surface area contributed by atoms with Gasteiger partial charge in [-0.2, -0.15) is 0 Å². The van der Waals surface area contributed by atoms with Crippen molar-refractivity contribution in [3.63, 3.8) is 0 Å². The number of ether oxygens (including phenoxy) is 4. The Hall–Kier alpha value is -1.70. The van der Waals surface area contributed by atoms with E-state index in [9.17, 15) is 9.18 Å². The van der Waals surface area contributed by atoms with Crippen LogP contribution in [0.2, 0.25) is 0 Å². The van der Waals surface area contributed by atoms with Crippen LogP contribution in [0.5, 0.6) is 5.75 Å². The van der Waals surface area contributed by atoms with Crippen molar-refractivity contribution in [3.8, 4) is 5.75 Å². The summed E-state index contributed by atoms with van der Waals surface area (Å²) < 4.78 is 35.5. The predicted octanol–water partition coefficient (Wildman–Crippen LogP) is 2.02. The summed E-state index contributed by atoms with van der Waals surface area (Å²) in [5, 5.41) is 0. The van der Waals surface area contributed by atoms with Crippen molar-refractivity contribution in [1.29, 1.82) is 0 Å². The number of piperidine rings is 1. The predicted molar refractivity (Wildman–Crippen MR) is 92.6 cm³/mol. The van der Waals surface area contributed by atoms with Gasteiger partial charge in [-0.1, -0.05) is 6.07 Å². The molecule has 7 heteroatoms. The number of carbonyl (C=O) groups excluding carboxylic acids is 1. The second-order valence-corrected chi connectivity index (χ2v) is 6.86. The fourth-order valence-electron chi connectivity index (χ4n) is 3.60. The molecule has 2 atom stereocenters. The van der Waals surface area contributed by atoms with E-state index >= 15 is 0 Å². The zero-order chi connectivity index (χ0) is 18.4. The Kier molecular flexibility index (Phi) is 6.45. The summed E-state index contributed by atoms with van der Waals surface area (Å²) in [6.07, 6.45) is 2.34. The molecule has 1 spiro atoms. The quantitative estimate of drug-likeness (QED) is 0.690. The molecule has 144 valence electrons. The molecule has 3 rings (SSSR count). The Labute approximate surface area is 153 Å². The van der Waals surface area contributed by atoms with Gasteiger partial charge < -0.3 is 23.8 Å². The number of hydrogen-bond acceptors (Lipinski definition) is 5. The molecular formula is C19H26FNO5. The maximum Gasteiger partial charge on any atom is 0.248 e. The Balaban J connectivity index is 1.51. The van der Waals surface area contributed by atoms with E-state index in [2.05, 4.69) is 0 Å². The second kappa shape index (κ2) is 8.79. The maximum atomic E-state index is 13.3. The zero-order valence-corrected chi connectivity index (χ0v) is 15.1. The number of halogens is 1. The average molecular weight is 367 g/mol. The second-order valence-electron chi connectivity index (χ2n) is 6.86. The molecular weight excluding hydrogens is 341 g/mol. The average Bonchev–Trinajstić information content (AvgIpc) is 3.00. The maximum absolute atomic E-state index is 13.3. The van der Waals surface area contributed by atoms with E-state index in [4.69, 9.17) is 18.9 Å². The minimum atomic E-state index is -0.377. The number of methoxy groups -OCH3 is 1. The highest BCUT2D eigenvalue weighted by atomic mass is 19.1. The lowest BCUT2D eigenvalue weighted by Gasteiger charge is -2.39. The first kappa shape index (κ1) is 19.1. The third-order valence-corrected chi connectivity index (χ3v) is 4.82. The Morgan fingerprint density at radius 1 is 1.42 bits per heavy atom. The lowest BCUT2D eigenvalue weighted by atomic mass is 9.89. The molecule has 1 amide bonds. The van der Waals surface area contributed by atoms with E-state index in [1.54, 1.807) is 24.1 Å².